The minimum Gasteiger partial charge on any atom is -0.357 e. The van der Waals surface area contributed by atoms with Crippen LogP contribution in [-0.4, -0.2) is 76.3 Å². The first kappa shape index (κ1) is 23.4. The first-order valence-corrected chi connectivity index (χ1v) is 7.27. The van der Waals surface area contributed by atoms with E-state index in [0.717, 1.165) is 7.05 Å². The van der Waals surface area contributed by atoms with Crippen LogP contribution in [0.4, 0.5) is 13.2 Å². The fourth-order valence-electron chi connectivity index (χ4n) is 1.84. The number of carbonyl (C=O) groups excluding carboxylic acids is 1. The third kappa shape index (κ3) is 8.36. The molecule has 0 fully saturated rings. The summed E-state index contributed by atoms with van der Waals surface area (Å²) in [5.41, 5.74) is 0. The fraction of sp³-hybridized carbons (Fsp3) is 0.692. The SMILES string of the molecule is CCNC(=NCC(=O)N(C)CC(F)(F)F)N(C)Cc1ncnn1C.I. The minimum absolute atomic E-state index is 0. The van der Waals surface area contributed by atoms with Gasteiger partial charge >= 0.3 is 6.18 Å². The Balaban J connectivity index is 0.00000576. The van der Waals surface area contributed by atoms with E-state index in [1.54, 1.807) is 23.7 Å². The predicted octanol–water partition coefficient (Wildman–Crippen LogP) is 0.851. The number of aliphatic imine (C=N–C) groups is 1. The summed E-state index contributed by atoms with van der Waals surface area (Å²) < 4.78 is 38.5. The molecule has 0 saturated carbocycles. The molecule has 0 bridgehead atoms. The van der Waals surface area contributed by atoms with Crippen LogP contribution in [-0.2, 0) is 18.4 Å². The smallest absolute Gasteiger partial charge is 0.357 e. The Kier molecular flexibility index (Phi) is 9.74. The summed E-state index contributed by atoms with van der Waals surface area (Å²) in [5, 5.41) is 6.94. The molecule has 1 amide bonds. The van der Waals surface area contributed by atoms with E-state index in [1.807, 2.05) is 6.92 Å². The maximum absolute atomic E-state index is 12.3. The number of halogens is 4. The quantitative estimate of drug-likeness (QED) is 0.374. The zero-order chi connectivity index (χ0) is 18.3. The van der Waals surface area contributed by atoms with E-state index >= 15 is 0 Å². The van der Waals surface area contributed by atoms with E-state index in [0.29, 0.717) is 29.8 Å². The fourth-order valence-corrected chi connectivity index (χ4v) is 1.84. The molecule has 1 N–H and O–H groups in total. The summed E-state index contributed by atoms with van der Waals surface area (Å²) in [6.07, 6.45) is -3.01. The Bertz CT molecular complexity index is 576. The van der Waals surface area contributed by atoms with Gasteiger partial charge in [-0.3, -0.25) is 9.48 Å². The van der Waals surface area contributed by atoms with Gasteiger partial charge in [0.1, 0.15) is 25.2 Å². The van der Waals surface area contributed by atoms with Crippen LogP contribution in [0.25, 0.3) is 0 Å². The van der Waals surface area contributed by atoms with Gasteiger partial charge in [-0.2, -0.15) is 18.3 Å². The predicted molar refractivity (Wildman–Crippen MR) is 97.6 cm³/mol. The second kappa shape index (κ2) is 10.4. The van der Waals surface area contributed by atoms with Crippen molar-refractivity contribution in [1.29, 1.82) is 0 Å². The lowest BCUT2D eigenvalue weighted by Gasteiger charge is -2.22. The summed E-state index contributed by atoms with van der Waals surface area (Å²) in [4.78, 5) is 22.3. The number of nitrogens with one attached hydrogen (secondary N) is 1. The van der Waals surface area contributed by atoms with Gasteiger partial charge in [0.05, 0.1) is 6.54 Å². The van der Waals surface area contributed by atoms with Crippen molar-refractivity contribution < 1.29 is 18.0 Å². The standard InChI is InChI=1S/C13H22F3N7O.HI/c1-5-17-12(21(2)7-10-19-9-20-23(10)4)18-6-11(24)22(3)8-13(14,15)16;/h9H,5-8H2,1-4H3,(H,17,18);1H. The van der Waals surface area contributed by atoms with E-state index in [1.165, 1.54) is 6.33 Å². The summed E-state index contributed by atoms with van der Waals surface area (Å²) in [7, 11) is 4.58. The molecule has 1 aromatic heterocycles. The van der Waals surface area contributed by atoms with Crippen molar-refractivity contribution in [2.75, 3.05) is 33.7 Å². The third-order valence-electron chi connectivity index (χ3n) is 3.09. The lowest BCUT2D eigenvalue weighted by atomic mass is 10.4. The van der Waals surface area contributed by atoms with Crippen LogP contribution >= 0.6 is 24.0 Å². The first-order chi connectivity index (χ1) is 11.1. The number of rotatable bonds is 6. The highest BCUT2D eigenvalue weighted by atomic mass is 127. The van der Waals surface area contributed by atoms with E-state index in [2.05, 4.69) is 20.4 Å². The molecule has 0 radical (unpaired) electrons. The highest BCUT2D eigenvalue weighted by molar-refractivity contribution is 14.0. The highest BCUT2D eigenvalue weighted by Crippen LogP contribution is 2.15. The Labute approximate surface area is 161 Å². The molecule has 25 heavy (non-hydrogen) atoms. The van der Waals surface area contributed by atoms with Crippen molar-refractivity contribution in [2.45, 2.75) is 19.6 Å². The molecular weight excluding hydrogens is 454 g/mol. The lowest BCUT2D eigenvalue weighted by molar-refractivity contribution is -0.157. The van der Waals surface area contributed by atoms with Gasteiger partial charge in [-0.25, -0.2) is 9.98 Å². The highest BCUT2D eigenvalue weighted by Gasteiger charge is 2.31. The van der Waals surface area contributed by atoms with Crippen LogP contribution < -0.4 is 5.32 Å². The van der Waals surface area contributed by atoms with Gasteiger partial charge in [0.2, 0.25) is 5.91 Å². The van der Waals surface area contributed by atoms with Crippen LogP contribution in [0.5, 0.6) is 0 Å². The zero-order valence-corrected chi connectivity index (χ0v) is 16.9. The minimum atomic E-state index is -4.43. The van der Waals surface area contributed by atoms with Gasteiger partial charge in [-0.15, -0.1) is 24.0 Å². The Hall–Kier alpha value is -1.60. The van der Waals surface area contributed by atoms with Crippen LogP contribution in [0, 0.1) is 0 Å². The Morgan fingerprint density at radius 3 is 2.48 bits per heavy atom. The van der Waals surface area contributed by atoms with Crippen LogP contribution in [0.2, 0.25) is 0 Å². The molecule has 0 aliphatic heterocycles. The zero-order valence-electron chi connectivity index (χ0n) is 14.5. The second-order valence-electron chi connectivity index (χ2n) is 5.19. The molecule has 12 heteroatoms. The average molecular weight is 477 g/mol. The summed E-state index contributed by atoms with van der Waals surface area (Å²) in [6, 6.07) is 0. The Morgan fingerprint density at radius 1 is 1.36 bits per heavy atom. The van der Waals surface area contributed by atoms with Crippen LogP contribution in [0.15, 0.2) is 11.3 Å². The number of nitrogens with zero attached hydrogens (tertiary/aromatic N) is 6. The molecule has 0 aliphatic rings. The van der Waals surface area contributed by atoms with E-state index in [9.17, 15) is 18.0 Å². The number of carbonyl (C=O) groups is 1. The molecule has 0 unspecified atom stereocenters. The molecule has 144 valence electrons. The molecule has 8 nitrogen and oxygen atoms in total. The van der Waals surface area contributed by atoms with Gasteiger partial charge < -0.3 is 15.1 Å². The molecule has 1 heterocycles. The van der Waals surface area contributed by atoms with Crippen molar-refractivity contribution in [3.05, 3.63) is 12.2 Å². The third-order valence-corrected chi connectivity index (χ3v) is 3.09. The van der Waals surface area contributed by atoms with Crippen LogP contribution in [0.3, 0.4) is 0 Å². The first-order valence-electron chi connectivity index (χ1n) is 7.27. The lowest BCUT2D eigenvalue weighted by Crippen LogP contribution is -2.41. The van der Waals surface area contributed by atoms with Crippen molar-refractivity contribution in [3.63, 3.8) is 0 Å². The molecule has 0 spiro atoms. The number of hydrogen-bond acceptors (Lipinski definition) is 4. The van der Waals surface area contributed by atoms with Gasteiger partial charge in [0.15, 0.2) is 5.96 Å². The molecule has 1 aromatic rings. The number of aromatic nitrogens is 3. The van der Waals surface area contributed by atoms with Gasteiger partial charge in [-0.1, -0.05) is 0 Å². The van der Waals surface area contributed by atoms with Crippen molar-refractivity contribution in [2.24, 2.45) is 12.0 Å². The average Bonchev–Trinajstić information content (AvgIpc) is 2.86. The summed E-state index contributed by atoms with van der Waals surface area (Å²) in [6.45, 7) is 1.11. The topological polar surface area (TPSA) is 78.7 Å². The molecule has 0 saturated heterocycles. The maximum Gasteiger partial charge on any atom is 0.406 e. The summed E-state index contributed by atoms with van der Waals surface area (Å²) in [5.74, 6) is 0.368. The Morgan fingerprint density at radius 2 is 2.00 bits per heavy atom. The van der Waals surface area contributed by atoms with Gasteiger partial charge in [-0.05, 0) is 6.92 Å². The van der Waals surface area contributed by atoms with Crippen LogP contribution in [0.1, 0.15) is 12.7 Å². The van der Waals surface area contributed by atoms with E-state index in [4.69, 9.17) is 0 Å². The van der Waals surface area contributed by atoms with Gasteiger partial charge in [0.25, 0.3) is 0 Å². The number of likely N-dealkylation sites (N-methyl/N-ethyl adjacent to an activating group) is 1. The number of alkyl halides is 3. The van der Waals surface area contributed by atoms with E-state index < -0.39 is 18.6 Å². The number of aryl methyl sites for hydroxylation is 1. The normalized spacial score (nSPS) is 11.7. The molecule has 0 atom stereocenters. The maximum atomic E-state index is 12.3. The van der Waals surface area contributed by atoms with Crippen molar-refractivity contribution >= 4 is 35.8 Å². The summed E-state index contributed by atoms with van der Waals surface area (Å²) >= 11 is 0. The van der Waals surface area contributed by atoms with E-state index in [-0.39, 0.29) is 30.5 Å². The van der Waals surface area contributed by atoms with Gasteiger partial charge in [0, 0.05) is 27.7 Å². The number of hydrogen-bond donors (Lipinski definition) is 1. The number of amides is 1. The largest absolute Gasteiger partial charge is 0.406 e. The molecular formula is C13H23F3IN7O. The second-order valence-corrected chi connectivity index (χ2v) is 5.19. The molecule has 0 aliphatic carbocycles. The number of guanidine groups is 1. The molecule has 1 rings (SSSR count). The monoisotopic (exact) mass is 477 g/mol. The van der Waals surface area contributed by atoms with Crippen molar-refractivity contribution in [3.8, 4) is 0 Å². The molecule has 0 aromatic carbocycles. The van der Waals surface area contributed by atoms with Crippen molar-refractivity contribution in [1.82, 2.24) is 29.9 Å².